The Morgan fingerprint density at radius 3 is 2.47 bits per heavy atom. The number of hydrogen-bond acceptors (Lipinski definition) is 5. The first-order chi connectivity index (χ1) is 14.2. The third-order valence-corrected chi connectivity index (χ3v) is 5.93. The number of amides is 1. The predicted octanol–water partition coefficient (Wildman–Crippen LogP) is 3.44. The molecule has 1 amide bonds. The van der Waals surface area contributed by atoms with Crippen LogP contribution in [0.25, 0.3) is 0 Å². The molecule has 0 saturated heterocycles. The Morgan fingerprint density at radius 1 is 1.13 bits per heavy atom. The molecule has 2 aromatic carbocycles. The highest BCUT2D eigenvalue weighted by molar-refractivity contribution is 7.92. The molecule has 0 heterocycles. The van der Waals surface area contributed by atoms with E-state index in [4.69, 9.17) is 9.47 Å². The van der Waals surface area contributed by atoms with Crippen LogP contribution in [0.2, 0.25) is 0 Å². The minimum Gasteiger partial charge on any atom is -0.497 e. The molecular weight excluding hydrogens is 404 g/mol. The van der Waals surface area contributed by atoms with Crippen molar-refractivity contribution in [3.63, 3.8) is 0 Å². The molecule has 0 aliphatic heterocycles. The second-order valence-corrected chi connectivity index (χ2v) is 9.08. The van der Waals surface area contributed by atoms with Gasteiger partial charge in [-0.2, -0.15) is 0 Å². The van der Waals surface area contributed by atoms with Gasteiger partial charge < -0.3 is 14.8 Å². The lowest BCUT2D eigenvalue weighted by Crippen LogP contribution is -2.32. The highest BCUT2D eigenvalue weighted by atomic mass is 32.2. The normalized spacial score (nSPS) is 12.2. The zero-order valence-corrected chi connectivity index (χ0v) is 19.0. The summed E-state index contributed by atoms with van der Waals surface area (Å²) in [5.74, 6) is 1.17. The zero-order chi connectivity index (χ0) is 22.3. The molecule has 1 atom stereocenters. The van der Waals surface area contributed by atoms with E-state index in [9.17, 15) is 13.2 Å². The third kappa shape index (κ3) is 6.38. The second kappa shape index (κ2) is 10.3. The SMILES string of the molecule is COc1ccc(OC)c([C@H](C)NC(=O)CCCN(c2cccc(C)c2)S(C)(=O)=O)c1. The quantitative estimate of drug-likeness (QED) is 0.619. The van der Waals surface area contributed by atoms with Gasteiger partial charge in [0.2, 0.25) is 15.9 Å². The largest absolute Gasteiger partial charge is 0.497 e. The number of aryl methyl sites for hydroxylation is 1. The summed E-state index contributed by atoms with van der Waals surface area (Å²) in [6.45, 7) is 4.00. The maximum atomic E-state index is 12.5. The first-order valence-electron chi connectivity index (χ1n) is 9.71. The summed E-state index contributed by atoms with van der Waals surface area (Å²) in [5, 5.41) is 2.94. The second-order valence-electron chi connectivity index (χ2n) is 7.17. The molecule has 164 valence electrons. The first-order valence-corrected chi connectivity index (χ1v) is 11.6. The number of anilines is 1. The van der Waals surface area contributed by atoms with Crippen molar-refractivity contribution >= 4 is 21.6 Å². The maximum absolute atomic E-state index is 12.5. The number of benzene rings is 2. The van der Waals surface area contributed by atoms with Gasteiger partial charge in [0.25, 0.3) is 0 Å². The number of carbonyl (C=O) groups excluding carboxylic acids is 1. The lowest BCUT2D eigenvalue weighted by atomic mass is 10.1. The first kappa shape index (κ1) is 23.5. The van der Waals surface area contributed by atoms with E-state index in [2.05, 4.69) is 5.32 Å². The van der Waals surface area contributed by atoms with E-state index < -0.39 is 10.0 Å². The lowest BCUT2D eigenvalue weighted by molar-refractivity contribution is -0.121. The number of hydrogen-bond donors (Lipinski definition) is 1. The molecule has 0 aromatic heterocycles. The number of nitrogens with zero attached hydrogens (tertiary/aromatic N) is 1. The van der Waals surface area contributed by atoms with Crippen LogP contribution in [0.1, 0.15) is 36.9 Å². The summed E-state index contributed by atoms with van der Waals surface area (Å²) in [5.41, 5.74) is 2.38. The topological polar surface area (TPSA) is 84.9 Å². The Labute approximate surface area is 179 Å². The summed E-state index contributed by atoms with van der Waals surface area (Å²) in [4.78, 5) is 12.5. The summed E-state index contributed by atoms with van der Waals surface area (Å²) in [7, 11) is -0.290. The lowest BCUT2D eigenvalue weighted by Gasteiger charge is -2.23. The Morgan fingerprint density at radius 2 is 1.87 bits per heavy atom. The average Bonchev–Trinajstić information content (AvgIpc) is 2.69. The molecule has 0 aliphatic carbocycles. The molecule has 0 aliphatic rings. The summed E-state index contributed by atoms with van der Waals surface area (Å²) in [6, 6.07) is 12.4. The Hall–Kier alpha value is -2.74. The monoisotopic (exact) mass is 434 g/mol. The number of ether oxygens (including phenoxy) is 2. The van der Waals surface area contributed by atoms with E-state index in [1.807, 2.05) is 38.1 Å². The van der Waals surface area contributed by atoms with Crippen molar-refractivity contribution in [1.82, 2.24) is 5.32 Å². The number of nitrogens with one attached hydrogen (secondary N) is 1. The zero-order valence-electron chi connectivity index (χ0n) is 18.1. The summed E-state index contributed by atoms with van der Waals surface area (Å²) < 4.78 is 36.4. The fraction of sp³-hybridized carbons (Fsp3) is 0.409. The van der Waals surface area contributed by atoms with Gasteiger partial charge in [0, 0.05) is 18.5 Å². The van der Waals surface area contributed by atoms with Crippen molar-refractivity contribution in [3.8, 4) is 11.5 Å². The smallest absolute Gasteiger partial charge is 0.232 e. The van der Waals surface area contributed by atoms with Gasteiger partial charge in [0.1, 0.15) is 11.5 Å². The van der Waals surface area contributed by atoms with Gasteiger partial charge in [-0.1, -0.05) is 12.1 Å². The van der Waals surface area contributed by atoms with E-state index in [0.717, 1.165) is 11.1 Å². The number of rotatable bonds is 10. The van der Waals surface area contributed by atoms with Crippen LogP contribution in [0.4, 0.5) is 5.69 Å². The Kier molecular flexibility index (Phi) is 8.11. The van der Waals surface area contributed by atoms with E-state index in [0.29, 0.717) is 23.6 Å². The fourth-order valence-electron chi connectivity index (χ4n) is 3.22. The predicted molar refractivity (Wildman–Crippen MR) is 119 cm³/mol. The van der Waals surface area contributed by atoms with Gasteiger partial charge in [-0.15, -0.1) is 0 Å². The standard InChI is InChI=1S/C22H30N2O5S/c1-16-8-6-9-18(14-16)24(30(5,26)27)13-7-10-22(25)23-17(2)20-15-19(28-3)11-12-21(20)29-4/h6,8-9,11-12,14-15,17H,7,10,13H2,1-5H3,(H,23,25)/t17-/m0/s1. The van der Waals surface area contributed by atoms with Crippen molar-refractivity contribution in [2.75, 3.05) is 31.3 Å². The van der Waals surface area contributed by atoms with Crippen molar-refractivity contribution in [2.45, 2.75) is 32.7 Å². The fourth-order valence-corrected chi connectivity index (χ4v) is 4.18. The summed E-state index contributed by atoms with van der Waals surface area (Å²) >= 11 is 0. The molecule has 8 heteroatoms. The van der Waals surface area contributed by atoms with Crippen molar-refractivity contribution in [3.05, 3.63) is 53.6 Å². The molecule has 0 spiro atoms. The van der Waals surface area contributed by atoms with E-state index in [1.165, 1.54) is 10.6 Å². The molecule has 0 unspecified atom stereocenters. The van der Waals surface area contributed by atoms with E-state index >= 15 is 0 Å². The molecule has 0 saturated carbocycles. The van der Waals surface area contributed by atoms with Gasteiger partial charge in [-0.25, -0.2) is 8.42 Å². The Balaban J connectivity index is 2.00. The van der Waals surface area contributed by atoms with Crippen LogP contribution >= 0.6 is 0 Å². The minimum absolute atomic E-state index is 0.162. The molecule has 0 radical (unpaired) electrons. The van der Waals surface area contributed by atoms with E-state index in [1.54, 1.807) is 32.4 Å². The third-order valence-electron chi connectivity index (χ3n) is 4.74. The number of carbonyl (C=O) groups is 1. The van der Waals surface area contributed by atoms with Crippen LogP contribution in [0.15, 0.2) is 42.5 Å². The van der Waals surface area contributed by atoms with Crippen LogP contribution in [0, 0.1) is 6.92 Å². The van der Waals surface area contributed by atoms with Crippen LogP contribution in [-0.4, -0.2) is 41.3 Å². The van der Waals surface area contributed by atoms with Gasteiger partial charge in [-0.3, -0.25) is 9.10 Å². The molecule has 2 rings (SSSR count). The molecule has 30 heavy (non-hydrogen) atoms. The molecule has 7 nitrogen and oxygen atoms in total. The Bertz CT molecular complexity index is 975. The van der Waals surface area contributed by atoms with Crippen LogP contribution in [0.3, 0.4) is 0 Å². The maximum Gasteiger partial charge on any atom is 0.232 e. The minimum atomic E-state index is -3.44. The van der Waals surface area contributed by atoms with Gasteiger partial charge in [-0.05, 0) is 56.2 Å². The molecule has 0 bridgehead atoms. The van der Waals surface area contributed by atoms with Gasteiger partial charge in [0.05, 0.1) is 32.2 Å². The van der Waals surface area contributed by atoms with Crippen LogP contribution < -0.4 is 19.1 Å². The van der Waals surface area contributed by atoms with Gasteiger partial charge >= 0.3 is 0 Å². The number of methoxy groups -OCH3 is 2. The molecule has 0 fully saturated rings. The molecule has 2 aromatic rings. The summed E-state index contributed by atoms with van der Waals surface area (Å²) in [6.07, 6.45) is 1.77. The van der Waals surface area contributed by atoms with Crippen molar-refractivity contribution < 1.29 is 22.7 Å². The number of sulfonamides is 1. The van der Waals surface area contributed by atoms with Crippen molar-refractivity contribution in [2.24, 2.45) is 0 Å². The highest BCUT2D eigenvalue weighted by Crippen LogP contribution is 2.29. The average molecular weight is 435 g/mol. The molecular formula is C22H30N2O5S. The molecule has 1 N–H and O–H groups in total. The highest BCUT2D eigenvalue weighted by Gasteiger charge is 2.19. The van der Waals surface area contributed by atoms with E-state index in [-0.39, 0.29) is 24.9 Å². The van der Waals surface area contributed by atoms with Crippen LogP contribution in [0.5, 0.6) is 11.5 Å². The van der Waals surface area contributed by atoms with Gasteiger partial charge in [0.15, 0.2) is 0 Å². The van der Waals surface area contributed by atoms with Crippen LogP contribution in [-0.2, 0) is 14.8 Å². The van der Waals surface area contributed by atoms with Crippen molar-refractivity contribution in [1.29, 1.82) is 0 Å².